The maximum Gasteiger partial charge on any atom is 0.118 e. The van der Waals surface area contributed by atoms with Gasteiger partial charge in [-0.15, -0.1) is 6.58 Å². The van der Waals surface area contributed by atoms with E-state index in [9.17, 15) is 5.11 Å². The van der Waals surface area contributed by atoms with Crippen LogP contribution in [0.2, 0.25) is 0 Å². The smallest absolute Gasteiger partial charge is 0.118 e. The molecule has 1 heteroatoms. The standard InChI is InChI=1S/C20H24O/c1-4-5-6-7-8-9-10-15-20(21)18(3)16-19-14-12-11-13-17(19)2/h4,7-16,21H,1,5-6H2,2-3H3/b8-7+,10-9+,18-16+,20-15-. The number of aryl methyl sites for hydroxylation is 1. The molecule has 0 fully saturated rings. The van der Waals surface area contributed by atoms with E-state index in [2.05, 4.69) is 25.6 Å². The van der Waals surface area contributed by atoms with Crippen molar-refractivity contribution in [2.45, 2.75) is 26.7 Å². The van der Waals surface area contributed by atoms with Crippen molar-refractivity contribution in [2.75, 3.05) is 0 Å². The van der Waals surface area contributed by atoms with Crippen molar-refractivity contribution < 1.29 is 5.11 Å². The Labute approximate surface area is 128 Å². The van der Waals surface area contributed by atoms with E-state index in [0.29, 0.717) is 0 Å². The first-order valence-electron chi connectivity index (χ1n) is 7.23. The molecule has 0 bridgehead atoms. The molecule has 0 saturated carbocycles. The second-order valence-corrected chi connectivity index (χ2v) is 4.91. The summed E-state index contributed by atoms with van der Waals surface area (Å²) in [6, 6.07) is 8.12. The van der Waals surface area contributed by atoms with Crippen LogP contribution in [-0.4, -0.2) is 5.11 Å². The third kappa shape index (κ3) is 6.62. The van der Waals surface area contributed by atoms with Gasteiger partial charge in [0, 0.05) is 0 Å². The lowest BCUT2D eigenvalue weighted by Gasteiger charge is -2.02. The topological polar surface area (TPSA) is 20.2 Å². The Kier molecular flexibility index (Phi) is 7.67. The van der Waals surface area contributed by atoms with E-state index in [-0.39, 0.29) is 5.76 Å². The highest BCUT2D eigenvalue weighted by Gasteiger charge is 1.97. The number of allylic oxidation sites excluding steroid dienone is 7. The minimum atomic E-state index is 0.286. The summed E-state index contributed by atoms with van der Waals surface area (Å²) in [4.78, 5) is 0. The van der Waals surface area contributed by atoms with Gasteiger partial charge in [0.1, 0.15) is 5.76 Å². The van der Waals surface area contributed by atoms with Crippen molar-refractivity contribution in [1.82, 2.24) is 0 Å². The lowest BCUT2D eigenvalue weighted by Crippen LogP contribution is -1.85. The average molecular weight is 280 g/mol. The van der Waals surface area contributed by atoms with Gasteiger partial charge in [-0.05, 0) is 55.5 Å². The van der Waals surface area contributed by atoms with Gasteiger partial charge in [-0.25, -0.2) is 0 Å². The van der Waals surface area contributed by atoms with Crippen LogP contribution in [0.5, 0.6) is 0 Å². The predicted molar refractivity (Wildman–Crippen MR) is 93.3 cm³/mol. The molecule has 0 aliphatic carbocycles. The maximum atomic E-state index is 10.0. The average Bonchev–Trinajstić information content (AvgIpc) is 2.48. The quantitative estimate of drug-likeness (QED) is 0.284. The molecule has 0 unspecified atom stereocenters. The minimum Gasteiger partial charge on any atom is -0.508 e. The molecule has 0 heterocycles. The third-order valence-corrected chi connectivity index (χ3v) is 3.11. The molecule has 0 aromatic heterocycles. The zero-order valence-corrected chi connectivity index (χ0v) is 12.9. The third-order valence-electron chi connectivity index (χ3n) is 3.11. The molecule has 1 rings (SSSR count). The molecule has 0 aliphatic rings. The zero-order chi connectivity index (χ0) is 15.5. The molecule has 110 valence electrons. The van der Waals surface area contributed by atoms with Gasteiger partial charge < -0.3 is 5.11 Å². The molecule has 0 spiro atoms. The van der Waals surface area contributed by atoms with Crippen LogP contribution in [0.4, 0.5) is 0 Å². The molecule has 1 aromatic rings. The molecular weight excluding hydrogens is 256 g/mol. The lowest BCUT2D eigenvalue weighted by atomic mass is 10.1. The molecule has 0 saturated heterocycles. The van der Waals surface area contributed by atoms with Crippen molar-refractivity contribution in [3.8, 4) is 0 Å². The van der Waals surface area contributed by atoms with Crippen LogP contribution in [0.25, 0.3) is 6.08 Å². The van der Waals surface area contributed by atoms with E-state index in [1.807, 2.05) is 55.5 Å². The van der Waals surface area contributed by atoms with Crippen LogP contribution in [0, 0.1) is 6.92 Å². The summed E-state index contributed by atoms with van der Waals surface area (Å²) in [5.41, 5.74) is 3.18. The van der Waals surface area contributed by atoms with E-state index >= 15 is 0 Å². The molecular formula is C20H24O. The summed E-state index contributed by atoms with van der Waals surface area (Å²) >= 11 is 0. The van der Waals surface area contributed by atoms with E-state index < -0.39 is 0 Å². The Morgan fingerprint density at radius 3 is 2.62 bits per heavy atom. The Balaban J connectivity index is 2.65. The first kappa shape index (κ1) is 16.8. The van der Waals surface area contributed by atoms with Crippen LogP contribution in [0.3, 0.4) is 0 Å². The lowest BCUT2D eigenvalue weighted by molar-refractivity contribution is 0.424. The number of hydrogen-bond donors (Lipinski definition) is 1. The summed E-state index contributed by atoms with van der Waals surface area (Å²) in [6.45, 7) is 7.65. The summed E-state index contributed by atoms with van der Waals surface area (Å²) < 4.78 is 0. The Morgan fingerprint density at radius 2 is 1.90 bits per heavy atom. The van der Waals surface area contributed by atoms with Gasteiger partial charge in [0.2, 0.25) is 0 Å². The van der Waals surface area contributed by atoms with Crippen LogP contribution in [-0.2, 0) is 0 Å². The molecule has 0 radical (unpaired) electrons. The number of benzene rings is 1. The number of hydrogen-bond acceptors (Lipinski definition) is 1. The SMILES string of the molecule is C=CCC/C=C/C=C/C=C(O)/C(C)=C/c1ccccc1C. The van der Waals surface area contributed by atoms with Gasteiger partial charge in [0.15, 0.2) is 0 Å². The number of unbranched alkanes of at least 4 members (excludes halogenated alkanes) is 1. The van der Waals surface area contributed by atoms with Crippen LogP contribution < -0.4 is 0 Å². The van der Waals surface area contributed by atoms with E-state index in [4.69, 9.17) is 0 Å². The molecule has 0 amide bonds. The molecule has 1 aromatic carbocycles. The van der Waals surface area contributed by atoms with Crippen molar-refractivity contribution in [1.29, 1.82) is 0 Å². The number of aliphatic hydroxyl groups is 1. The summed E-state index contributed by atoms with van der Waals surface area (Å²) in [5.74, 6) is 0.286. The van der Waals surface area contributed by atoms with Gasteiger partial charge in [0.05, 0.1) is 0 Å². The van der Waals surface area contributed by atoms with Crippen LogP contribution in [0.1, 0.15) is 30.9 Å². The molecule has 1 nitrogen and oxygen atoms in total. The molecule has 0 atom stereocenters. The Morgan fingerprint density at radius 1 is 1.14 bits per heavy atom. The highest BCUT2D eigenvalue weighted by molar-refractivity contribution is 5.59. The number of aliphatic hydroxyl groups excluding tert-OH is 1. The van der Waals surface area contributed by atoms with Gasteiger partial charge in [0.25, 0.3) is 0 Å². The molecule has 21 heavy (non-hydrogen) atoms. The summed E-state index contributed by atoms with van der Waals surface area (Å²) in [6.07, 6.45) is 15.4. The first-order chi connectivity index (χ1) is 10.1. The summed E-state index contributed by atoms with van der Waals surface area (Å²) in [5, 5.41) is 10.0. The van der Waals surface area contributed by atoms with Crippen molar-refractivity contribution in [3.05, 3.63) is 89.8 Å². The van der Waals surface area contributed by atoms with Gasteiger partial charge in [-0.2, -0.15) is 0 Å². The highest BCUT2D eigenvalue weighted by atomic mass is 16.3. The molecule has 1 N–H and O–H groups in total. The predicted octanol–water partition coefficient (Wildman–Crippen LogP) is 5.92. The second kappa shape index (κ2) is 9.60. The van der Waals surface area contributed by atoms with Crippen LogP contribution in [0.15, 0.2) is 78.6 Å². The summed E-state index contributed by atoms with van der Waals surface area (Å²) in [7, 11) is 0. The van der Waals surface area contributed by atoms with Gasteiger partial charge in [-0.1, -0.05) is 54.6 Å². The second-order valence-electron chi connectivity index (χ2n) is 4.91. The highest BCUT2D eigenvalue weighted by Crippen LogP contribution is 2.15. The normalized spacial score (nSPS) is 13.2. The van der Waals surface area contributed by atoms with E-state index in [1.165, 1.54) is 5.56 Å². The molecule has 0 aliphatic heterocycles. The monoisotopic (exact) mass is 280 g/mol. The number of rotatable bonds is 7. The Bertz CT molecular complexity index is 571. The van der Waals surface area contributed by atoms with Gasteiger partial charge in [-0.3, -0.25) is 0 Å². The van der Waals surface area contributed by atoms with Crippen LogP contribution >= 0.6 is 0 Å². The fraction of sp³-hybridized carbons (Fsp3) is 0.200. The van der Waals surface area contributed by atoms with E-state index in [1.54, 1.807) is 6.08 Å². The minimum absolute atomic E-state index is 0.286. The fourth-order valence-corrected chi connectivity index (χ4v) is 1.79. The maximum absolute atomic E-state index is 10.0. The Hall–Kier alpha value is -2.28. The van der Waals surface area contributed by atoms with E-state index in [0.717, 1.165) is 24.0 Å². The fourth-order valence-electron chi connectivity index (χ4n) is 1.79. The van der Waals surface area contributed by atoms with Gasteiger partial charge >= 0.3 is 0 Å². The van der Waals surface area contributed by atoms with Crippen molar-refractivity contribution in [2.24, 2.45) is 0 Å². The largest absolute Gasteiger partial charge is 0.508 e. The van der Waals surface area contributed by atoms with Crippen molar-refractivity contribution in [3.63, 3.8) is 0 Å². The zero-order valence-electron chi connectivity index (χ0n) is 12.9. The first-order valence-corrected chi connectivity index (χ1v) is 7.23. The van der Waals surface area contributed by atoms with Crippen molar-refractivity contribution >= 4 is 6.08 Å².